The van der Waals surface area contributed by atoms with E-state index in [1.165, 1.54) is 0 Å². The third-order valence-corrected chi connectivity index (χ3v) is 6.20. The second-order valence-electron chi connectivity index (χ2n) is 9.16. The summed E-state index contributed by atoms with van der Waals surface area (Å²) >= 11 is 0. The molecule has 4 atom stereocenters. The van der Waals surface area contributed by atoms with Gasteiger partial charge in [0.2, 0.25) is 23.6 Å². The number of fused-ring (bicyclic) bond motifs is 1. The van der Waals surface area contributed by atoms with Gasteiger partial charge in [0.1, 0.15) is 12.1 Å². The van der Waals surface area contributed by atoms with E-state index in [1.54, 1.807) is 6.20 Å². The highest BCUT2D eigenvalue weighted by Gasteiger charge is 2.31. The van der Waals surface area contributed by atoms with E-state index in [0.29, 0.717) is 6.42 Å². The summed E-state index contributed by atoms with van der Waals surface area (Å²) in [5.41, 5.74) is 17.9. The largest absolute Gasteiger partial charge is 0.392 e. The maximum atomic E-state index is 12.9. The first kappa shape index (κ1) is 28.4. The molecule has 14 heteroatoms. The van der Waals surface area contributed by atoms with E-state index < -0.39 is 54.4 Å². The minimum Gasteiger partial charge on any atom is -0.392 e. The Morgan fingerprint density at radius 3 is 2.55 bits per heavy atom. The van der Waals surface area contributed by atoms with E-state index in [1.807, 2.05) is 24.3 Å². The van der Waals surface area contributed by atoms with Gasteiger partial charge in [-0.1, -0.05) is 18.2 Å². The lowest BCUT2D eigenvalue weighted by Crippen LogP contribution is -2.54. The third-order valence-electron chi connectivity index (χ3n) is 6.20. The molecular formula is C24H35N9O5. The number of carbonyl (C=O) groups is 4. The summed E-state index contributed by atoms with van der Waals surface area (Å²) in [5, 5.41) is 21.2. The number of carbonyl (C=O) groups excluding carboxylic acids is 4. The van der Waals surface area contributed by atoms with Gasteiger partial charge in [0.15, 0.2) is 5.96 Å². The van der Waals surface area contributed by atoms with Gasteiger partial charge in [-0.2, -0.15) is 0 Å². The van der Waals surface area contributed by atoms with E-state index in [0.717, 1.165) is 16.5 Å². The molecule has 38 heavy (non-hydrogen) atoms. The zero-order valence-corrected chi connectivity index (χ0v) is 20.9. The molecule has 3 rings (SSSR count). The van der Waals surface area contributed by atoms with Gasteiger partial charge < -0.3 is 48.6 Å². The minimum absolute atomic E-state index is 0.0903. The number of benzene rings is 1. The fourth-order valence-electron chi connectivity index (χ4n) is 4.24. The van der Waals surface area contributed by atoms with Crippen LogP contribution < -0.4 is 38.5 Å². The molecule has 4 amide bonds. The van der Waals surface area contributed by atoms with E-state index >= 15 is 0 Å². The third kappa shape index (κ3) is 8.18. The predicted molar refractivity (Wildman–Crippen MR) is 140 cm³/mol. The number of nitrogens with one attached hydrogen (secondary N) is 5. The highest BCUT2D eigenvalue weighted by atomic mass is 16.3. The maximum absolute atomic E-state index is 12.9. The summed E-state index contributed by atoms with van der Waals surface area (Å²) < 4.78 is 0. The van der Waals surface area contributed by atoms with Crippen molar-refractivity contribution in [2.24, 2.45) is 22.2 Å². The lowest BCUT2D eigenvalue weighted by atomic mass is 10.0. The van der Waals surface area contributed by atoms with E-state index in [4.69, 9.17) is 17.2 Å². The molecule has 0 spiro atoms. The smallest absolute Gasteiger partial charge is 0.243 e. The Bertz CT molecular complexity index is 1180. The topological polar surface area (TPSA) is 243 Å². The van der Waals surface area contributed by atoms with Gasteiger partial charge in [-0.05, 0) is 30.9 Å². The number of aliphatic imine (C=N–C) groups is 1. The van der Waals surface area contributed by atoms with Crippen molar-refractivity contribution < 1.29 is 24.3 Å². The molecule has 12 N–H and O–H groups in total. The molecule has 1 fully saturated rings. The molecule has 206 valence electrons. The highest BCUT2D eigenvalue weighted by molar-refractivity contribution is 5.93. The van der Waals surface area contributed by atoms with E-state index in [-0.39, 0.29) is 38.3 Å². The molecule has 1 aliphatic heterocycles. The van der Waals surface area contributed by atoms with Crippen LogP contribution in [0, 0.1) is 0 Å². The Hall–Kier alpha value is -4.17. The van der Waals surface area contributed by atoms with Crippen LogP contribution in [0.2, 0.25) is 0 Å². The van der Waals surface area contributed by atoms with Crippen molar-refractivity contribution in [1.82, 2.24) is 26.3 Å². The molecular weight excluding hydrogens is 494 g/mol. The number of guanidine groups is 1. The Morgan fingerprint density at radius 2 is 1.87 bits per heavy atom. The van der Waals surface area contributed by atoms with Crippen LogP contribution in [0.15, 0.2) is 35.5 Å². The van der Waals surface area contributed by atoms with Crippen molar-refractivity contribution in [3.05, 3.63) is 36.0 Å². The Kier molecular flexibility index (Phi) is 10.0. The first-order chi connectivity index (χ1) is 18.1. The van der Waals surface area contributed by atoms with Gasteiger partial charge in [-0.15, -0.1) is 0 Å². The van der Waals surface area contributed by atoms with Crippen molar-refractivity contribution >= 4 is 40.5 Å². The number of β-amino-alcohol motifs (C(OH)–C–C–N with tert-alkyl or cyclic N) is 1. The van der Waals surface area contributed by atoms with Crippen LogP contribution in [0.3, 0.4) is 0 Å². The van der Waals surface area contributed by atoms with Gasteiger partial charge in [0.25, 0.3) is 0 Å². The van der Waals surface area contributed by atoms with E-state index in [2.05, 4.69) is 31.2 Å². The van der Waals surface area contributed by atoms with Gasteiger partial charge in [0, 0.05) is 36.6 Å². The van der Waals surface area contributed by atoms with Gasteiger partial charge in [0.05, 0.1) is 18.7 Å². The molecule has 1 saturated heterocycles. The zero-order chi connectivity index (χ0) is 27.7. The van der Waals surface area contributed by atoms with Crippen molar-refractivity contribution in [3.63, 3.8) is 0 Å². The molecule has 1 aliphatic rings. The molecule has 1 aromatic heterocycles. The van der Waals surface area contributed by atoms with E-state index in [9.17, 15) is 24.3 Å². The zero-order valence-electron chi connectivity index (χ0n) is 20.9. The molecule has 2 heterocycles. The second-order valence-corrected chi connectivity index (χ2v) is 9.16. The Morgan fingerprint density at radius 1 is 1.11 bits per heavy atom. The van der Waals surface area contributed by atoms with Gasteiger partial charge in [-0.25, -0.2) is 0 Å². The van der Waals surface area contributed by atoms with Crippen LogP contribution >= 0.6 is 0 Å². The van der Waals surface area contributed by atoms with Crippen LogP contribution in [0.1, 0.15) is 24.8 Å². The Labute approximate surface area is 219 Å². The van der Waals surface area contributed by atoms with Crippen molar-refractivity contribution in [2.75, 3.05) is 19.6 Å². The minimum atomic E-state index is -0.992. The average Bonchev–Trinajstić information content (AvgIpc) is 3.50. The van der Waals surface area contributed by atoms with Gasteiger partial charge in [-0.3, -0.25) is 24.2 Å². The summed E-state index contributed by atoms with van der Waals surface area (Å²) in [6.45, 7) is 0.0906. The fourth-order valence-corrected chi connectivity index (χ4v) is 4.24. The number of nitrogens with two attached hydrogens (primary N) is 3. The second kappa shape index (κ2) is 13.4. The molecule has 2 aromatic rings. The molecule has 14 nitrogen and oxygen atoms in total. The average molecular weight is 530 g/mol. The number of amides is 4. The monoisotopic (exact) mass is 529 g/mol. The summed E-state index contributed by atoms with van der Waals surface area (Å²) in [6, 6.07) is 4.93. The predicted octanol–water partition coefficient (Wildman–Crippen LogP) is -2.94. The lowest BCUT2D eigenvalue weighted by Gasteiger charge is -2.21. The molecule has 0 saturated carbocycles. The molecule has 0 bridgehead atoms. The number of aliphatic hydroxyl groups excluding tert-OH is 1. The number of hydrogen-bond donors (Lipinski definition) is 9. The maximum Gasteiger partial charge on any atom is 0.243 e. The summed E-state index contributed by atoms with van der Waals surface area (Å²) in [6.07, 6.45) is 2.09. The first-order valence-corrected chi connectivity index (χ1v) is 12.3. The number of rotatable bonds is 13. The van der Waals surface area contributed by atoms with Crippen LogP contribution in [-0.2, 0) is 25.6 Å². The number of aromatic nitrogens is 1. The summed E-state index contributed by atoms with van der Waals surface area (Å²) in [4.78, 5) is 57.0. The summed E-state index contributed by atoms with van der Waals surface area (Å²) in [5.74, 6) is -2.46. The van der Waals surface area contributed by atoms with Crippen LogP contribution in [-0.4, -0.2) is 83.5 Å². The number of hydrogen-bond acceptors (Lipinski definition) is 7. The lowest BCUT2D eigenvalue weighted by molar-refractivity contribution is -0.131. The molecule has 0 unspecified atom stereocenters. The SMILES string of the molecule is NC(=O)[C@H](Cc1c[nH]c2ccccc12)NC(=O)CNC(=O)[C@@H](CCCN=C(N)N)NC(=O)[C@@H]1C[C@H](O)CN1. The number of primary amides is 1. The molecule has 0 radical (unpaired) electrons. The standard InChI is InChI=1S/C24H35N9O5/c25-21(36)18(8-13-10-29-16-5-2-1-4-15(13)16)32-20(35)12-31-22(37)17(6-3-7-28-24(26)27)33-23(38)19-9-14(34)11-30-19/h1-2,4-5,10,14,17-19,29-30,34H,3,6-9,11-12H2,(H2,25,36)(H,31,37)(H,32,35)(H,33,38)(H4,26,27,28)/t14-,17+,18-,19-/m0/s1. The van der Waals surface area contributed by atoms with Crippen LogP contribution in [0.5, 0.6) is 0 Å². The van der Waals surface area contributed by atoms with Crippen LogP contribution in [0.4, 0.5) is 0 Å². The number of nitrogens with zero attached hydrogens (tertiary/aromatic N) is 1. The number of aromatic amines is 1. The van der Waals surface area contributed by atoms with Gasteiger partial charge >= 0.3 is 0 Å². The highest BCUT2D eigenvalue weighted by Crippen LogP contribution is 2.19. The normalized spacial score (nSPS) is 18.3. The Balaban J connectivity index is 1.56. The number of H-pyrrole nitrogens is 1. The van der Waals surface area contributed by atoms with Crippen molar-refractivity contribution in [1.29, 1.82) is 0 Å². The van der Waals surface area contributed by atoms with Crippen molar-refractivity contribution in [2.45, 2.75) is 49.9 Å². The summed E-state index contributed by atoms with van der Waals surface area (Å²) in [7, 11) is 0. The number of aliphatic hydroxyl groups is 1. The quantitative estimate of drug-likeness (QED) is 0.0736. The number of para-hydroxylation sites is 1. The first-order valence-electron chi connectivity index (χ1n) is 12.3. The van der Waals surface area contributed by atoms with Crippen LogP contribution in [0.25, 0.3) is 10.9 Å². The van der Waals surface area contributed by atoms with Crippen molar-refractivity contribution in [3.8, 4) is 0 Å². The fraction of sp³-hybridized carbons (Fsp3) is 0.458. The molecule has 1 aromatic carbocycles. The molecule has 0 aliphatic carbocycles.